The number of aliphatic carboxylic acids is 1. The number of carbonyl (C=O) groups is 3. The lowest BCUT2D eigenvalue weighted by Crippen LogP contribution is -2.70. The van der Waals surface area contributed by atoms with E-state index in [1.807, 2.05) is 6.08 Å². The minimum Gasteiger partial charge on any atom is -0.477 e. The number of hydrogen-bond acceptors (Lipinski definition) is 20. The van der Waals surface area contributed by atoms with Crippen molar-refractivity contribution in [2.75, 3.05) is 26.4 Å². The number of carboxylic acids is 1. The molecule has 23 nitrogen and oxygen atoms in total. The fourth-order valence-corrected chi connectivity index (χ4v) is 12.8. The van der Waals surface area contributed by atoms with Crippen LogP contribution in [0.25, 0.3) is 0 Å². The molecule has 0 radical (unpaired) electrons. The Hall–Kier alpha value is -2.79. The van der Waals surface area contributed by atoms with E-state index in [4.69, 9.17) is 28.4 Å². The van der Waals surface area contributed by atoms with Gasteiger partial charge in [-0.15, -0.1) is 0 Å². The largest absolute Gasteiger partial charge is 0.477 e. The van der Waals surface area contributed by atoms with Crippen molar-refractivity contribution in [3.63, 3.8) is 0 Å². The number of carbonyl (C=O) groups excluding carboxylic acids is 2. The minimum atomic E-state index is -3.08. The Morgan fingerprint density at radius 3 is 1.45 bits per heavy atom. The maximum Gasteiger partial charge on any atom is 0.364 e. The second-order valence-corrected chi connectivity index (χ2v) is 26.8. The van der Waals surface area contributed by atoms with Crippen molar-refractivity contribution in [3.05, 3.63) is 24.3 Å². The van der Waals surface area contributed by atoms with Crippen LogP contribution in [-0.2, 0) is 42.8 Å². The highest BCUT2D eigenvalue weighted by Gasteiger charge is 2.60. The van der Waals surface area contributed by atoms with Crippen LogP contribution in [0.3, 0.4) is 0 Å². The first-order valence-corrected chi connectivity index (χ1v) is 36.7. The highest BCUT2D eigenvalue weighted by Crippen LogP contribution is 2.39. The molecule has 0 aliphatic carbocycles. The van der Waals surface area contributed by atoms with Crippen molar-refractivity contribution in [2.24, 2.45) is 0 Å². The molecule has 0 aromatic rings. The summed E-state index contributed by atoms with van der Waals surface area (Å²) < 4.78 is 34.8. The molecule has 14 N–H and O–H groups in total. The van der Waals surface area contributed by atoms with Gasteiger partial charge in [0.05, 0.1) is 50.7 Å². The van der Waals surface area contributed by atoms with Gasteiger partial charge in [-0.2, -0.15) is 0 Å². The molecule has 23 heteroatoms. The molecule has 3 aliphatic heterocycles. The van der Waals surface area contributed by atoms with Gasteiger partial charge in [-0.3, -0.25) is 9.59 Å². The third kappa shape index (κ3) is 32.9. The topological polar surface area (TPSA) is 373 Å². The zero-order valence-electron chi connectivity index (χ0n) is 57.6. The first kappa shape index (κ1) is 85.4. The van der Waals surface area contributed by atoms with Crippen LogP contribution >= 0.6 is 0 Å². The molecule has 550 valence electrons. The van der Waals surface area contributed by atoms with Gasteiger partial charge in [0, 0.05) is 19.8 Å². The molecule has 2 amide bonds. The normalized spacial score (nSPS) is 28.0. The van der Waals surface area contributed by atoms with E-state index in [9.17, 15) is 75.7 Å². The van der Waals surface area contributed by atoms with Crippen LogP contribution in [0.1, 0.15) is 271 Å². The smallest absolute Gasteiger partial charge is 0.364 e. The van der Waals surface area contributed by atoms with Crippen molar-refractivity contribution in [3.8, 4) is 0 Å². The maximum atomic E-state index is 13.5. The molecule has 3 aliphatic rings. The molecule has 0 aromatic carbocycles. The summed E-state index contributed by atoms with van der Waals surface area (Å²) in [7, 11) is 0. The molecular formula is C71H130N2O21. The van der Waals surface area contributed by atoms with Crippen LogP contribution in [0, 0.1) is 0 Å². The number of nitrogens with one attached hydrogen (secondary N) is 2. The van der Waals surface area contributed by atoms with E-state index < -0.39 is 155 Å². The predicted octanol–water partition coefficient (Wildman–Crippen LogP) is 7.62. The van der Waals surface area contributed by atoms with Crippen molar-refractivity contribution >= 4 is 17.8 Å². The molecule has 0 spiro atoms. The third-order valence-electron chi connectivity index (χ3n) is 18.6. The molecule has 0 bridgehead atoms. The lowest BCUT2D eigenvalue weighted by molar-refractivity contribution is -0.386. The van der Waals surface area contributed by atoms with Gasteiger partial charge in [-0.1, -0.05) is 231 Å². The van der Waals surface area contributed by atoms with Gasteiger partial charge < -0.3 is 100 Å². The lowest BCUT2D eigenvalue weighted by Gasteiger charge is -2.50. The summed E-state index contributed by atoms with van der Waals surface area (Å²) in [5.74, 6) is -6.14. The number of rotatable bonds is 56. The monoisotopic (exact) mass is 1350 g/mol. The molecule has 3 rings (SSSR count). The highest BCUT2D eigenvalue weighted by molar-refractivity contribution is 5.77. The number of carboxylic acid groups (broad SMARTS) is 1. The SMILES string of the molecule is CCCCCCCCCCCCCC/C=C\CCCCCCCCCCCCC(=O)NC(COC1OC(CO)C(OC2OC(CO)C(O)C(OC3(C(=O)O)CC(O)C(NC(C)=O)C(C(O)C(O)CO)O3)C2O)C(O)C1O)C(O)/C=C/CCCCCCCCCCCCCC. The number of aliphatic hydroxyl groups excluding tert-OH is 11. The lowest BCUT2D eigenvalue weighted by atomic mass is 9.88. The molecule has 18 atom stereocenters. The number of aliphatic hydroxyl groups is 11. The standard InChI is InChI=1S/C71H130N2O21/c1-4-6-8-10-12-14-16-18-20-21-22-23-24-25-26-27-28-29-30-31-33-35-37-39-41-43-45-58(81)73-52(53(78)44-42-40-38-36-34-32-19-17-15-13-11-9-7-5-2)50-89-68-63(85)62(84)65(57(49-76)91-68)92-69-64(86)67(61(83)56(48-75)90-69)94-71(70(87)88)46-54(79)59(72-51(3)77)66(93-71)60(82)55(80)47-74/h25-26,42,44,52-57,59-69,74-76,78-80,82-86H,4-24,27-41,43,45-50H2,1-3H3,(H,72,77)(H,73,81)(H,87,88)/b26-25-,44-42+. The molecule has 3 fully saturated rings. The Kier molecular flexibility index (Phi) is 46.7. The van der Waals surface area contributed by atoms with Crippen LogP contribution in [0.15, 0.2) is 24.3 Å². The summed E-state index contributed by atoms with van der Waals surface area (Å²) >= 11 is 0. The molecule has 0 saturated carbocycles. The van der Waals surface area contributed by atoms with E-state index in [2.05, 4.69) is 36.6 Å². The summed E-state index contributed by atoms with van der Waals surface area (Å²) in [6, 6.07) is -2.62. The Morgan fingerprint density at radius 2 is 1.00 bits per heavy atom. The molecule has 94 heavy (non-hydrogen) atoms. The fourth-order valence-electron chi connectivity index (χ4n) is 12.8. The zero-order valence-corrected chi connectivity index (χ0v) is 57.6. The van der Waals surface area contributed by atoms with Crippen LogP contribution < -0.4 is 10.6 Å². The summed E-state index contributed by atoms with van der Waals surface area (Å²) in [6.07, 6.45) is 23.7. The van der Waals surface area contributed by atoms with E-state index >= 15 is 0 Å². The van der Waals surface area contributed by atoms with Crippen LogP contribution in [0.4, 0.5) is 0 Å². The van der Waals surface area contributed by atoms with Gasteiger partial charge in [0.2, 0.25) is 11.8 Å². The van der Waals surface area contributed by atoms with Gasteiger partial charge in [-0.25, -0.2) is 4.79 Å². The molecule has 3 saturated heterocycles. The molecule has 18 unspecified atom stereocenters. The Morgan fingerprint density at radius 1 is 0.553 bits per heavy atom. The number of hydrogen-bond donors (Lipinski definition) is 14. The number of unbranched alkanes of at least 4 members (excludes halogenated alkanes) is 34. The van der Waals surface area contributed by atoms with Gasteiger partial charge in [-0.05, 0) is 44.9 Å². The van der Waals surface area contributed by atoms with Crippen molar-refractivity contribution in [2.45, 2.75) is 381 Å². The summed E-state index contributed by atoms with van der Waals surface area (Å²) in [6.45, 7) is 2.15. The van der Waals surface area contributed by atoms with Crippen LogP contribution in [0.2, 0.25) is 0 Å². The predicted molar refractivity (Wildman–Crippen MR) is 357 cm³/mol. The van der Waals surface area contributed by atoms with E-state index in [1.165, 1.54) is 173 Å². The summed E-state index contributed by atoms with van der Waals surface area (Å²) in [5.41, 5.74) is 0. The minimum absolute atomic E-state index is 0.200. The van der Waals surface area contributed by atoms with Crippen molar-refractivity contribution < 1.29 is 104 Å². The second kappa shape index (κ2) is 51.4. The Balaban J connectivity index is 1.54. The van der Waals surface area contributed by atoms with E-state index in [0.29, 0.717) is 12.8 Å². The number of ether oxygens (including phenoxy) is 6. The zero-order chi connectivity index (χ0) is 68.9. The third-order valence-corrected chi connectivity index (χ3v) is 18.6. The fraction of sp³-hybridized carbons (Fsp3) is 0.901. The molecular weight excluding hydrogens is 1220 g/mol. The van der Waals surface area contributed by atoms with Gasteiger partial charge in [0.15, 0.2) is 12.6 Å². The second-order valence-electron chi connectivity index (χ2n) is 26.8. The first-order valence-electron chi connectivity index (χ1n) is 36.7. The van der Waals surface area contributed by atoms with Gasteiger partial charge in [0.25, 0.3) is 5.79 Å². The summed E-state index contributed by atoms with van der Waals surface area (Å²) in [4.78, 5) is 38.6. The van der Waals surface area contributed by atoms with Gasteiger partial charge >= 0.3 is 5.97 Å². The van der Waals surface area contributed by atoms with Crippen LogP contribution in [-0.4, -0.2) is 215 Å². The maximum absolute atomic E-state index is 13.5. The van der Waals surface area contributed by atoms with E-state index in [-0.39, 0.29) is 12.3 Å². The van der Waals surface area contributed by atoms with Gasteiger partial charge in [0.1, 0.15) is 67.1 Å². The Bertz CT molecular complexity index is 1990. The number of allylic oxidation sites excluding steroid dienone is 3. The molecule has 0 aromatic heterocycles. The Labute approximate surface area is 562 Å². The van der Waals surface area contributed by atoms with Crippen molar-refractivity contribution in [1.82, 2.24) is 10.6 Å². The quantitative estimate of drug-likeness (QED) is 0.0205. The first-order chi connectivity index (χ1) is 45.4. The van der Waals surface area contributed by atoms with Crippen LogP contribution in [0.5, 0.6) is 0 Å². The van der Waals surface area contributed by atoms with E-state index in [0.717, 1.165) is 58.3 Å². The number of amides is 2. The average molecular weight is 1350 g/mol. The summed E-state index contributed by atoms with van der Waals surface area (Å²) in [5, 5.41) is 136. The van der Waals surface area contributed by atoms with Crippen molar-refractivity contribution in [1.29, 1.82) is 0 Å². The highest BCUT2D eigenvalue weighted by atomic mass is 16.8. The van der Waals surface area contributed by atoms with E-state index in [1.54, 1.807) is 6.08 Å². The average Bonchev–Trinajstić information content (AvgIpc) is 0.758. The molecule has 3 heterocycles.